The van der Waals surface area contributed by atoms with Crippen LogP contribution in [-0.2, 0) is 13.2 Å². The third-order valence-electron chi connectivity index (χ3n) is 2.31. The van der Waals surface area contributed by atoms with Gasteiger partial charge in [-0.2, -0.15) is 0 Å². The van der Waals surface area contributed by atoms with Gasteiger partial charge in [0.25, 0.3) is 0 Å². The number of aromatic nitrogens is 1. The summed E-state index contributed by atoms with van der Waals surface area (Å²) >= 11 is 3.41. The van der Waals surface area contributed by atoms with Gasteiger partial charge in [0.05, 0.1) is 6.61 Å². The molecule has 0 fully saturated rings. The van der Waals surface area contributed by atoms with E-state index in [9.17, 15) is 0 Å². The minimum absolute atomic E-state index is 0.0678. The van der Waals surface area contributed by atoms with Crippen LogP contribution in [0.5, 0.6) is 5.75 Å². The molecule has 1 heterocycles. The van der Waals surface area contributed by atoms with Crippen molar-refractivity contribution >= 4 is 15.9 Å². The molecule has 0 aliphatic rings. The molecule has 88 valence electrons. The fourth-order valence-corrected chi connectivity index (χ4v) is 1.91. The van der Waals surface area contributed by atoms with Crippen molar-refractivity contribution in [2.75, 3.05) is 0 Å². The first-order valence-electron chi connectivity index (χ1n) is 5.20. The maximum absolute atomic E-state index is 9.13. The Labute approximate surface area is 108 Å². The topological polar surface area (TPSA) is 42.4 Å². The molecule has 0 bridgehead atoms. The van der Waals surface area contributed by atoms with Crippen molar-refractivity contribution in [3.8, 4) is 5.75 Å². The number of aliphatic hydroxyl groups is 1. The van der Waals surface area contributed by atoms with Gasteiger partial charge in [-0.15, -0.1) is 0 Å². The van der Waals surface area contributed by atoms with Crippen molar-refractivity contribution in [3.63, 3.8) is 0 Å². The molecular formula is C13H12BrNO2. The van der Waals surface area contributed by atoms with Gasteiger partial charge < -0.3 is 9.84 Å². The van der Waals surface area contributed by atoms with E-state index >= 15 is 0 Å². The standard InChI is InChI=1S/C13H12BrNO2/c14-12-3-1-2-10(6-12)9-17-13-4-5-15-7-11(13)8-16/h1-7,16H,8-9H2. The Morgan fingerprint density at radius 2 is 2.18 bits per heavy atom. The number of nitrogens with zero attached hydrogens (tertiary/aromatic N) is 1. The average Bonchev–Trinajstić information content (AvgIpc) is 2.37. The van der Waals surface area contributed by atoms with Crippen LogP contribution in [0.2, 0.25) is 0 Å². The zero-order valence-electron chi connectivity index (χ0n) is 9.14. The summed E-state index contributed by atoms with van der Waals surface area (Å²) in [5.41, 5.74) is 1.77. The smallest absolute Gasteiger partial charge is 0.128 e. The molecule has 0 radical (unpaired) electrons. The van der Waals surface area contributed by atoms with E-state index in [2.05, 4.69) is 20.9 Å². The van der Waals surface area contributed by atoms with Crippen LogP contribution in [0.15, 0.2) is 47.2 Å². The fourth-order valence-electron chi connectivity index (χ4n) is 1.46. The predicted molar refractivity (Wildman–Crippen MR) is 68.6 cm³/mol. The highest BCUT2D eigenvalue weighted by Gasteiger charge is 2.02. The third kappa shape index (κ3) is 3.28. The summed E-state index contributed by atoms with van der Waals surface area (Å²) in [6, 6.07) is 9.67. The summed E-state index contributed by atoms with van der Waals surface area (Å²) in [5, 5.41) is 9.13. The molecule has 0 aliphatic carbocycles. The molecule has 1 aromatic heterocycles. The number of benzene rings is 1. The minimum atomic E-state index is -0.0678. The van der Waals surface area contributed by atoms with E-state index in [4.69, 9.17) is 9.84 Å². The van der Waals surface area contributed by atoms with Gasteiger partial charge >= 0.3 is 0 Å². The van der Waals surface area contributed by atoms with Crippen LogP contribution in [0.3, 0.4) is 0 Å². The Bertz CT molecular complexity index is 502. The Morgan fingerprint density at radius 1 is 1.29 bits per heavy atom. The normalized spacial score (nSPS) is 10.2. The van der Waals surface area contributed by atoms with Gasteiger partial charge in [-0.3, -0.25) is 4.98 Å². The average molecular weight is 294 g/mol. The van der Waals surface area contributed by atoms with E-state index in [-0.39, 0.29) is 6.61 Å². The second-order valence-electron chi connectivity index (χ2n) is 3.56. The number of pyridine rings is 1. The van der Waals surface area contributed by atoms with Crippen LogP contribution < -0.4 is 4.74 Å². The Morgan fingerprint density at radius 3 is 2.94 bits per heavy atom. The van der Waals surface area contributed by atoms with Crippen molar-refractivity contribution in [1.29, 1.82) is 0 Å². The van der Waals surface area contributed by atoms with Crippen LogP contribution in [0.25, 0.3) is 0 Å². The highest BCUT2D eigenvalue weighted by Crippen LogP contribution is 2.19. The number of aliphatic hydroxyl groups excluding tert-OH is 1. The summed E-state index contributed by atoms with van der Waals surface area (Å²) in [6.45, 7) is 0.401. The molecule has 3 nitrogen and oxygen atoms in total. The molecule has 0 saturated heterocycles. The lowest BCUT2D eigenvalue weighted by molar-refractivity contribution is 0.258. The van der Waals surface area contributed by atoms with Crippen molar-refractivity contribution < 1.29 is 9.84 Å². The summed E-state index contributed by atoms with van der Waals surface area (Å²) < 4.78 is 6.67. The van der Waals surface area contributed by atoms with E-state index < -0.39 is 0 Å². The fraction of sp³-hybridized carbons (Fsp3) is 0.154. The Hall–Kier alpha value is -1.39. The van der Waals surface area contributed by atoms with Crippen molar-refractivity contribution in [1.82, 2.24) is 4.98 Å². The lowest BCUT2D eigenvalue weighted by Crippen LogP contribution is -1.99. The van der Waals surface area contributed by atoms with Crippen LogP contribution >= 0.6 is 15.9 Å². The van der Waals surface area contributed by atoms with Gasteiger partial charge in [0.2, 0.25) is 0 Å². The maximum atomic E-state index is 9.13. The Kier molecular flexibility index (Phi) is 4.12. The van der Waals surface area contributed by atoms with E-state index in [1.54, 1.807) is 18.5 Å². The molecule has 0 aliphatic heterocycles. The number of hydrogen-bond donors (Lipinski definition) is 1. The molecule has 1 aromatic carbocycles. The van der Waals surface area contributed by atoms with Crippen LogP contribution in [-0.4, -0.2) is 10.1 Å². The van der Waals surface area contributed by atoms with Gasteiger partial charge in [0.15, 0.2) is 0 Å². The quantitative estimate of drug-likeness (QED) is 0.942. The van der Waals surface area contributed by atoms with Gasteiger partial charge in [0, 0.05) is 22.4 Å². The zero-order chi connectivity index (χ0) is 12.1. The largest absolute Gasteiger partial charge is 0.488 e. The summed E-state index contributed by atoms with van der Waals surface area (Å²) in [4.78, 5) is 3.94. The molecule has 0 saturated carbocycles. The SMILES string of the molecule is OCc1cnccc1OCc1cccc(Br)c1. The summed E-state index contributed by atoms with van der Waals surface area (Å²) in [5.74, 6) is 0.669. The van der Waals surface area contributed by atoms with Crippen LogP contribution in [0, 0.1) is 0 Å². The lowest BCUT2D eigenvalue weighted by Gasteiger charge is -2.09. The van der Waals surface area contributed by atoms with Crippen molar-refractivity contribution in [3.05, 3.63) is 58.3 Å². The number of ether oxygens (including phenoxy) is 1. The molecule has 17 heavy (non-hydrogen) atoms. The van der Waals surface area contributed by atoms with E-state index in [1.807, 2.05) is 24.3 Å². The van der Waals surface area contributed by atoms with Gasteiger partial charge in [-0.1, -0.05) is 28.1 Å². The van der Waals surface area contributed by atoms with Crippen molar-refractivity contribution in [2.45, 2.75) is 13.2 Å². The first-order valence-corrected chi connectivity index (χ1v) is 6.00. The highest BCUT2D eigenvalue weighted by molar-refractivity contribution is 9.10. The first-order chi connectivity index (χ1) is 8.29. The molecule has 0 amide bonds. The molecule has 2 rings (SSSR count). The predicted octanol–water partition coefficient (Wildman–Crippen LogP) is 2.92. The summed E-state index contributed by atoms with van der Waals surface area (Å²) in [7, 11) is 0. The van der Waals surface area contributed by atoms with Crippen LogP contribution in [0.4, 0.5) is 0 Å². The number of halogens is 1. The maximum Gasteiger partial charge on any atom is 0.128 e. The molecule has 0 unspecified atom stereocenters. The lowest BCUT2D eigenvalue weighted by atomic mass is 10.2. The third-order valence-corrected chi connectivity index (χ3v) is 2.81. The molecule has 1 N–H and O–H groups in total. The second-order valence-corrected chi connectivity index (χ2v) is 4.48. The summed E-state index contributed by atoms with van der Waals surface area (Å²) in [6.07, 6.45) is 3.26. The number of hydrogen-bond acceptors (Lipinski definition) is 3. The van der Waals surface area contributed by atoms with E-state index in [0.717, 1.165) is 10.0 Å². The van der Waals surface area contributed by atoms with Gasteiger partial charge in [-0.25, -0.2) is 0 Å². The first kappa shape index (κ1) is 12.1. The Balaban J connectivity index is 2.07. The van der Waals surface area contributed by atoms with E-state index in [1.165, 1.54) is 0 Å². The highest BCUT2D eigenvalue weighted by atomic mass is 79.9. The minimum Gasteiger partial charge on any atom is -0.488 e. The molecule has 4 heteroatoms. The van der Waals surface area contributed by atoms with Crippen LogP contribution in [0.1, 0.15) is 11.1 Å². The molecule has 0 spiro atoms. The van der Waals surface area contributed by atoms with Gasteiger partial charge in [-0.05, 0) is 23.8 Å². The van der Waals surface area contributed by atoms with Crippen molar-refractivity contribution in [2.24, 2.45) is 0 Å². The zero-order valence-corrected chi connectivity index (χ0v) is 10.7. The monoisotopic (exact) mass is 293 g/mol. The van der Waals surface area contributed by atoms with E-state index in [0.29, 0.717) is 17.9 Å². The molecular weight excluding hydrogens is 282 g/mol. The van der Waals surface area contributed by atoms with Gasteiger partial charge in [0.1, 0.15) is 12.4 Å². The molecule has 2 aromatic rings. The molecule has 0 atom stereocenters. The number of rotatable bonds is 4. The second kappa shape index (κ2) is 5.80.